The Labute approximate surface area is 137 Å². The summed E-state index contributed by atoms with van der Waals surface area (Å²) < 4.78 is 6.55. The van der Waals surface area contributed by atoms with Gasteiger partial charge in [0.05, 0.1) is 12.5 Å². The highest BCUT2D eigenvalue weighted by atomic mass is 16.5. The topological polar surface area (TPSA) is 98.7 Å². The molecule has 8 heteroatoms. The van der Waals surface area contributed by atoms with Crippen molar-refractivity contribution >= 4 is 5.91 Å². The van der Waals surface area contributed by atoms with Crippen LogP contribution >= 0.6 is 0 Å². The molecular weight excluding hydrogens is 308 g/mol. The number of nitrogens with one attached hydrogen (secondary N) is 1. The summed E-state index contributed by atoms with van der Waals surface area (Å²) in [5.41, 5.74) is 1.90. The molecule has 1 aliphatic heterocycles. The molecule has 24 heavy (non-hydrogen) atoms. The Morgan fingerprint density at radius 3 is 2.96 bits per heavy atom. The van der Waals surface area contributed by atoms with Gasteiger partial charge in [-0.15, -0.1) is 0 Å². The van der Waals surface area contributed by atoms with E-state index in [0.29, 0.717) is 18.9 Å². The monoisotopic (exact) mass is 324 g/mol. The van der Waals surface area contributed by atoms with E-state index in [9.17, 15) is 4.79 Å². The lowest BCUT2D eigenvalue weighted by Gasteiger charge is -2.21. The molecule has 1 amide bonds. The van der Waals surface area contributed by atoms with Gasteiger partial charge in [-0.1, -0.05) is 29.4 Å². The minimum Gasteiger partial charge on any atom is -0.352 e. The van der Waals surface area contributed by atoms with Crippen LogP contribution in [-0.2, 0) is 24.3 Å². The molecule has 0 radical (unpaired) electrons. The fourth-order valence-corrected chi connectivity index (χ4v) is 2.85. The second kappa shape index (κ2) is 6.23. The van der Waals surface area contributed by atoms with Gasteiger partial charge in [0.15, 0.2) is 0 Å². The Morgan fingerprint density at radius 2 is 2.17 bits per heavy atom. The normalized spacial score (nSPS) is 16.6. The van der Waals surface area contributed by atoms with Crippen molar-refractivity contribution in [3.8, 4) is 11.4 Å². The van der Waals surface area contributed by atoms with Gasteiger partial charge in [-0.05, 0) is 12.0 Å². The molecule has 8 nitrogen and oxygen atoms in total. The zero-order chi connectivity index (χ0) is 16.4. The van der Waals surface area contributed by atoms with E-state index in [-0.39, 0.29) is 11.8 Å². The van der Waals surface area contributed by atoms with Crippen molar-refractivity contribution in [2.45, 2.75) is 25.9 Å². The molecule has 3 aromatic rings. The van der Waals surface area contributed by atoms with Crippen LogP contribution in [0.15, 0.2) is 41.5 Å². The van der Waals surface area contributed by atoms with Gasteiger partial charge in [0.25, 0.3) is 0 Å². The maximum absolute atomic E-state index is 12.4. The van der Waals surface area contributed by atoms with Crippen molar-refractivity contribution in [1.82, 2.24) is 30.2 Å². The number of fused-ring (bicyclic) bond motifs is 1. The highest BCUT2D eigenvalue weighted by molar-refractivity contribution is 5.78. The zero-order valence-corrected chi connectivity index (χ0v) is 12.9. The third kappa shape index (κ3) is 2.90. The average Bonchev–Trinajstić information content (AvgIpc) is 3.30. The summed E-state index contributed by atoms with van der Waals surface area (Å²) >= 11 is 0. The summed E-state index contributed by atoms with van der Waals surface area (Å²) in [4.78, 5) is 20.5. The lowest BCUT2D eigenvalue weighted by Crippen LogP contribution is -2.36. The van der Waals surface area contributed by atoms with E-state index in [1.54, 1.807) is 6.33 Å². The third-order valence-electron chi connectivity index (χ3n) is 4.22. The van der Waals surface area contributed by atoms with Gasteiger partial charge in [0, 0.05) is 18.5 Å². The van der Waals surface area contributed by atoms with E-state index in [4.69, 9.17) is 4.52 Å². The van der Waals surface area contributed by atoms with Gasteiger partial charge < -0.3 is 9.84 Å². The highest BCUT2D eigenvalue weighted by Crippen LogP contribution is 2.18. The Balaban J connectivity index is 1.34. The highest BCUT2D eigenvalue weighted by Gasteiger charge is 2.25. The molecule has 0 spiro atoms. The quantitative estimate of drug-likeness (QED) is 0.774. The Bertz CT molecular complexity index is 825. The molecule has 0 saturated heterocycles. The van der Waals surface area contributed by atoms with E-state index < -0.39 is 0 Å². The second-order valence-corrected chi connectivity index (χ2v) is 5.76. The molecule has 2 aromatic heterocycles. The Morgan fingerprint density at radius 1 is 1.29 bits per heavy atom. The maximum Gasteiger partial charge on any atom is 0.225 e. The predicted octanol–water partition coefficient (Wildman–Crippen LogP) is 1.21. The molecule has 4 rings (SSSR count). The number of benzene rings is 1. The number of amides is 1. The number of aryl methyl sites for hydroxylation is 1. The van der Waals surface area contributed by atoms with Crippen LogP contribution in [0.3, 0.4) is 0 Å². The smallest absolute Gasteiger partial charge is 0.225 e. The number of rotatable bonds is 4. The zero-order valence-electron chi connectivity index (χ0n) is 12.9. The van der Waals surface area contributed by atoms with Crippen molar-refractivity contribution in [2.24, 2.45) is 5.92 Å². The molecule has 1 aromatic carbocycles. The maximum atomic E-state index is 12.4. The number of carbonyl (C=O) groups is 1. The largest absolute Gasteiger partial charge is 0.352 e. The fourth-order valence-electron chi connectivity index (χ4n) is 2.85. The van der Waals surface area contributed by atoms with Crippen LogP contribution in [0.4, 0.5) is 0 Å². The van der Waals surface area contributed by atoms with Crippen LogP contribution in [-0.4, -0.2) is 30.8 Å². The first-order valence-corrected chi connectivity index (χ1v) is 7.79. The summed E-state index contributed by atoms with van der Waals surface area (Å²) in [6, 6.07) is 7.72. The average molecular weight is 324 g/mol. The first kappa shape index (κ1) is 14.6. The molecular formula is C16H16N6O2. The number of carbonyl (C=O) groups excluding carboxylic acids is 1. The van der Waals surface area contributed by atoms with E-state index in [0.717, 1.165) is 29.8 Å². The van der Waals surface area contributed by atoms with E-state index >= 15 is 0 Å². The predicted molar refractivity (Wildman–Crippen MR) is 83.4 cm³/mol. The third-order valence-corrected chi connectivity index (χ3v) is 4.22. The van der Waals surface area contributed by atoms with Crippen LogP contribution in [0, 0.1) is 5.92 Å². The second-order valence-electron chi connectivity index (χ2n) is 5.76. The van der Waals surface area contributed by atoms with Gasteiger partial charge in [0.1, 0.15) is 12.2 Å². The van der Waals surface area contributed by atoms with Gasteiger partial charge >= 0.3 is 0 Å². The summed E-state index contributed by atoms with van der Waals surface area (Å²) in [7, 11) is 0. The number of nitrogens with zero attached hydrogens (tertiary/aromatic N) is 5. The lowest BCUT2D eigenvalue weighted by atomic mass is 9.99. The molecule has 1 N–H and O–H groups in total. The fraction of sp³-hybridized carbons (Fsp3) is 0.312. The van der Waals surface area contributed by atoms with Crippen LogP contribution in [0.1, 0.15) is 17.8 Å². The summed E-state index contributed by atoms with van der Waals surface area (Å²) in [5.74, 6) is 1.50. The van der Waals surface area contributed by atoms with E-state index in [1.165, 1.54) is 6.39 Å². The number of aromatic nitrogens is 5. The van der Waals surface area contributed by atoms with Gasteiger partial charge in [0.2, 0.25) is 18.1 Å². The van der Waals surface area contributed by atoms with Gasteiger partial charge in [-0.3, -0.25) is 4.79 Å². The first-order chi connectivity index (χ1) is 11.8. The van der Waals surface area contributed by atoms with Crippen LogP contribution < -0.4 is 5.32 Å². The molecule has 1 atom stereocenters. The first-order valence-electron chi connectivity index (χ1n) is 7.79. The summed E-state index contributed by atoms with van der Waals surface area (Å²) in [6.07, 6.45) is 4.44. The van der Waals surface area contributed by atoms with Crippen molar-refractivity contribution < 1.29 is 9.32 Å². The number of hydrogen-bond acceptors (Lipinski definition) is 6. The van der Waals surface area contributed by atoms with Crippen molar-refractivity contribution in [3.63, 3.8) is 0 Å². The number of hydrogen-bond donors (Lipinski definition) is 1. The summed E-state index contributed by atoms with van der Waals surface area (Å²) in [6.45, 7) is 1.09. The Hall–Kier alpha value is -3.03. The van der Waals surface area contributed by atoms with Crippen molar-refractivity contribution in [1.29, 1.82) is 0 Å². The van der Waals surface area contributed by atoms with E-state index in [1.807, 2.05) is 28.9 Å². The van der Waals surface area contributed by atoms with Crippen LogP contribution in [0.25, 0.3) is 11.4 Å². The van der Waals surface area contributed by atoms with Crippen LogP contribution in [0.5, 0.6) is 0 Å². The SMILES string of the molecule is O=C(NCc1ccc(-c2ncon2)cc1)C1CCc2ncnn2C1. The molecule has 122 valence electrons. The minimum absolute atomic E-state index is 0.0541. The molecule has 0 fully saturated rings. The molecule has 0 saturated carbocycles. The molecule has 1 aliphatic rings. The van der Waals surface area contributed by atoms with Gasteiger partial charge in [-0.2, -0.15) is 10.1 Å². The minimum atomic E-state index is -0.0576. The standard InChI is InChI=1S/C16H16N6O2/c23-16(13-5-6-14-18-9-20-22(14)8-13)17-7-11-1-3-12(4-2-11)15-19-10-24-21-15/h1-4,9-10,13H,5-8H2,(H,17,23). The van der Waals surface area contributed by atoms with Crippen LogP contribution in [0.2, 0.25) is 0 Å². The Kier molecular flexibility index (Phi) is 3.78. The van der Waals surface area contributed by atoms with Gasteiger partial charge in [-0.25, -0.2) is 9.67 Å². The molecule has 0 bridgehead atoms. The molecule has 0 aliphatic carbocycles. The van der Waals surface area contributed by atoms with E-state index in [2.05, 4.69) is 25.5 Å². The molecule has 3 heterocycles. The molecule has 1 unspecified atom stereocenters. The summed E-state index contributed by atoms with van der Waals surface area (Å²) in [5, 5.41) is 10.9. The lowest BCUT2D eigenvalue weighted by molar-refractivity contribution is -0.126. The van der Waals surface area contributed by atoms with Crippen molar-refractivity contribution in [2.75, 3.05) is 0 Å². The van der Waals surface area contributed by atoms with Crippen molar-refractivity contribution in [3.05, 3.63) is 48.4 Å².